The Morgan fingerprint density at radius 1 is 1.12 bits per heavy atom. The fraction of sp³-hybridized carbons (Fsp3) is 0.158. The number of aromatic nitrogens is 1. The smallest absolute Gasteiger partial charge is 0.356 e. The summed E-state index contributed by atoms with van der Waals surface area (Å²) < 4.78 is 24.3. The molecule has 0 spiro atoms. The van der Waals surface area contributed by atoms with Crippen LogP contribution in [0.1, 0.15) is 16.1 Å². The van der Waals surface area contributed by atoms with Gasteiger partial charge < -0.3 is 14.8 Å². The Kier molecular flexibility index (Phi) is 4.52. The summed E-state index contributed by atoms with van der Waals surface area (Å²) in [5, 5.41) is 3.77. The number of ether oxygens (including phenoxy) is 2. The number of nitrogens with zero attached hydrogens (tertiary/aromatic N) is 1. The van der Waals surface area contributed by atoms with Crippen molar-refractivity contribution < 1.29 is 18.7 Å². The van der Waals surface area contributed by atoms with Gasteiger partial charge in [0.15, 0.2) is 5.69 Å². The van der Waals surface area contributed by atoms with Crippen molar-refractivity contribution in [3.8, 4) is 5.75 Å². The van der Waals surface area contributed by atoms with Crippen molar-refractivity contribution in [3.05, 3.63) is 59.5 Å². The minimum absolute atomic E-state index is 0.0224. The second kappa shape index (κ2) is 6.76. The van der Waals surface area contributed by atoms with E-state index in [0.717, 1.165) is 5.56 Å². The predicted molar refractivity (Wildman–Crippen MR) is 94.1 cm³/mol. The van der Waals surface area contributed by atoms with E-state index in [9.17, 15) is 9.18 Å². The molecule has 3 rings (SSSR count). The van der Waals surface area contributed by atoms with Gasteiger partial charge in [-0.1, -0.05) is 18.2 Å². The summed E-state index contributed by atoms with van der Waals surface area (Å²) in [6, 6.07) is 11.8. The molecule has 1 heterocycles. The van der Waals surface area contributed by atoms with Crippen LogP contribution in [-0.4, -0.2) is 25.2 Å². The number of aryl methyl sites for hydroxylation is 1. The van der Waals surface area contributed by atoms with Gasteiger partial charge in [0.05, 0.1) is 25.6 Å². The average molecular weight is 340 g/mol. The van der Waals surface area contributed by atoms with E-state index in [4.69, 9.17) is 9.47 Å². The van der Waals surface area contributed by atoms with Crippen molar-refractivity contribution in [2.45, 2.75) is 6.92 Å². The topological polar surface area (TPSA) is 60.5 Å². The second-order valence-electron chi connectivity index (χ2n) is 5.51. The van der Waals surface area contributed by atoms with Gasteiger partial charge in [-0.2, -0.15) is 0 Å². The third kappa shape index (κ3) is 3.24. The number of hydrogen-bond donors (Lipinski definition) is 1. The Morgan fingerprint density at radius 3 is 2.64 bits per heavy atom. The number of hydrogen-bond acceptors (Lipinski definition) is 5. The second-order valence-corrected chi connectivity index (χ2v) is 5.51. The highest BCUT2D eigenvalue weighted by atomic mass is 19.1. The van der Waals surface area contributed by atoms with E-state index in [1.807, 2.05) is 25.1 Å². The number of para-hydroxylation sites is 1. The largest absolute Gasteiger partial charge is 0.495 e. The van der Waals surface area contributed by atoms with Crippen LogP contribution in [-0.2, 0) is 4.74 Å². The third-order valence-corrected chi connectivity index (χ3v) is 3.81. The van der Waals surface area contributed by atoms with Crippen LogP contribution >= 0.6 is 0 Å². The lowest BCUT2D eigenvalue weighted by molar-refractivity contribution is 0.0594. The summed E-state index contributed by atoms with van der Waals surface area (Å²) in [5.41, 5.74) is 2.39. The molecular formula is C19H17FN2O3. The lowest BCUT2D eigenvalue weighted by Gasteiger charge is -2.15. The zero-order valence-electron chi connectivity index (χ0n) is 14.1. The highest BCUT2D eigenvalue weighted by Gasteiger charge is 2.16. The molecule has 2 aromatic carbocycles. The molecule has 0 radical (unpaired) electrons. The molecule has 25 heavy (non-hydrogen) atoms. The summed E-state index contributed by atoms with van der Waals surface area (Å²) in [5.74, 6) is -0.515. The minimum Gasteiger partial charge on any atom is -0.495 e. The number of halogens is 1. The first-order valence-corrected chi connectivity index (χ1v) is 7.62. The molecule has 0 bridgehead atoms. The molecule has 0 saturated carbocycles. The predicted octanol–water partition coefficient (Wildman–Crippen LogP) is 4.22. The minimum atomic E-state index is -0.635. The zero-order chi connectivity index (χ0) is 18.0. The maximum Gasteiger partial charge on any atom is 0.356 e. The molecule has 0 amide bonds. The van der Waals surface area contributed by atoms with E-state index in [0.29, 0.717) is 22.5 Å². The summed E-state index contributed by atoms with van der Waals surface area (Å²) in [7, 11) is 2.83. The maximum atomic E-state index is 14.2. The number of benzene rings is 2. The Morgan fingerprint density at radius 2 is 1.92 bits per heavy atom. The lowest BCUT2D eigenvalue weighted by Crippen LogP contribution is -2.07. The van der Waals surface area contributed by atoms with Gasteiger partial charge in [-0.15, -0.1) is 0 Å². The zero-order valence-corrected chi connectivity index (χ0v) is 14.1. The lowest BCUT2D eigenvalue weighted by atomic mass is 10.1. The van der Waals surface area contributed by atoms with E-state index in [2.05, 4.69) is 10.3 Å². The molecule has 6 heteroatoms. The van der Waals surface area contributed by atoms with Gasteiger partial charge in [-0.25, -0.2) is 14.2 Å². The molecule has 0 atom stereocenters. The van der Waals surface area contributed by atoms with Crippen LogP contribution in [0.3, 0.4) is 0 Å². The van der Waals surface area contributed by atoms with E-state index in [1.165, 1.54) is 19.2 Å². The van der Waals surface area contributed by atoms with Crippen molar-refractivity contribution in [1.29, 1.82) is 0 Å². The fourth-order valence-electron chi connectivity index (χ4n) is 2.59. The highest BCUT2D eigenvalue weighted by Crippen LogP contribution is 2.33. The van der Waals surface area contributed by atoms with E-state index in [1.54, 1.807) is 19.2 Å². The van der Waals surface area contributed by atoms with Crippen molar-refractivity contribution in [1.82, 2.24) is 4.98 Å². The van der Waals surface area contributed by atoms with Gasteiger partial charge in [0.2, 0.25) is 0 Å². The van der Waals surface area contributed by atoms with Gasteiger partial charge in [0, 0.05) is 5.39 Å². The molecule has 5 nitrogen and oxygen atoms in total. The van der Waals surface area contributed by atoms with Gasteiger partial charge in [0.25, 0.3) is 0 Å². The van der Waals surface area contributed by atoms with Crippen molar-refractivity contribution >= 4 is 28.2 Å². The number of pyridine rings is 1. The summed E-state index contributed by atoms with van der Waals surface area (Å²) in [6.07, 6.45) is 0. The number of anilines is 2. The number of fused-ring (bicyclic) bond motifs is 1. The Hall–Kier alpha value is -3.15. The Bertz CT molecular complexity index is 957. The molecule has 128 valence electrons. The fourth-order valence-corrected chi connectivity index (χ4v) is 2.59. The van der Waals surface area contributed by atoms with Crippen LogP contribution in [0, 0.1) is 12.7 Å². The molecule has 0 fully saturated rings. The molecule has 0 aliphatic carbocycles. The quantitative estimate of drug-likeness (QED) is 0.721. The number of methoxy groups -OCH3 is 2. The first kappa shape index (κ1) is 16.7. The highest BCUT2D eigenvalue weighted by molar-refractivity contribution is 5.99. The first-order chi connectivity index (χ1) is 12.0. The van der Waals surface area contributed by atoms with Gasteiger partial charge in [-0.3, -0.25) is 0 Å². The van der Waals surface area contributed by atoms with Crippen LogP contribution in [0.4, 0.5) is 15.8 Å². The molecule has 1 N–H and O–H groups in total. The van der Waals surface area contributed by atoms with Crippen molar-refractivity contribution in [2.75, 3.05) is 19.5 Å². The molecule has 0 aliphatic rings. The average Bonchev–Trinajstić information content (AvgIpc) is 2.62. The van der Waals surface area contributed by atoms with E-state index < -0.39 is 11.8 Å². The number of rotatable bonds is 4. The van der Waals surface area contributed by atoms with E-state index in [-0.39, 0.29) is 11.2 Å². The Balaban J connectivity index is 2.19. The van der Waals surface area contributed by atoms with E-state index >= 15 is 0 Å². The number of esters is 1. The maximum absolute atomic E-state index is 14.2. The number of nitrogens with one attached hydrogen (secondary N) is 1. The van der Waals surface area contributed by atoms with Gasteiger partial charge in [-0.05, 0) is 36.8 Å². The van der Waals surface area contributed by atoms with Crippen LogP contribution in [0.5, 0.6) is 5.75 Å². The molecule has 0 saturated heterocycles. The molecule has 1 aromatic heterocycles. The summed E-state index contributed by atoms with van der Waals surface area (Å²) >= 11 is 0. The number of carbonyl (C=O) groups excluding carboxylic acids is 1. The van der Waals surface area contributed by atoms with Crippen molar-refractivity contribution in [3.63, 3.8) is 0 Å². The van der Waals surface area contributed by atoms with Gasteiger partial charge in [0.1, 0.15) is 17.1 Å². The van der Waals surface area contributed by atoms with Crippen LogP contribution < -0.4 is 10.1 Å². The first-order valence-electron chi connectivity index (χ1n) is 7.62. The SMILES string of the molecule is COC(=O)c1cc(Nc2cc(C)ccc2OC)c2cccc(F)c2n1. The monoisotopic (exact) mass is 340 g/mol. The van der Waals surface area contributed by atoms with Crippen LogP contribution in [0.15, 0.2) is 42.5 Å². The Labute approximate surface area is 144 Å². The molecule has 3 aromatic rings. The van der Waals surface area contributed by atoms with Crippen molar-refractivity contribution in [2.24, 2.45) is 0 Å². The van der Waals surface area contributed by atoms with Gasteiger partial charge >= 0.3 is 5.97 Å². The molecule has 0 aliphatic heterocycles. The normalized spacial score (nSPS) is 10.6. The number of carbonyl (C=O) groups is 1. The van der Waals surface area contributed by atoms with Crippen LogP contribution in [0.2, 0.25) is 0 Å². The van der Waals surface area contributed by atoms with Crippen LogP contribution in [0.25, 0.3) is 10.9 Å². The molecular weight excluding hydrogens is 323 g/mol. The third-order valence-electron chi connectivity index (χ3n) is 3.81. The standard InChI is InChI=1S/C19H17FN2O3/c1-11-7-8-17(24-2)15(9-11)21-14-10-16(19(23)25-3)22-18-12(14)5-4-6-13(18)20/h4-10H,1-3H3,(H,21,22). The summed E-state index contributed by atoms with van der Waals surface area (Å²) in [6.45, 7) is 1.95. The summed E-state index contributed by atoms with van der Waals surface area (Å²) in [4.78, 5) is 16.0. The molecule has 0 unspecified atom stereocenters.